The number of hydrogen-bond acceptors (Lipinski definition) is 5. The summed E-state index contributed by atoms with van der Waals surface area (Å²) in [4.78, 5) is 32.4. The van der Waals surface area contributed by atoms with E-state index in [2.05, 4.69) is 27.4 Å². The first kappa shape index (κ1) is 21.2. The molecule has 0 bridgehead atoms. The molecule has 0 radical (unpaired) electrons. The molecule has 2 heterocycles. The number of likely N-dealkylation sites (tertiary alicyclic amines) is 1. The number of nitrogens with zero attached hydrogens (tertiary/aromatic N) is 2. The van der Waals surface area contributed by atoms with Crippen LogP contribution >= 0.6 is 11.3 Å². The van der Waals surface area contributed by atoms with Gasteiger partial charge >= 0.3 is 0 Å². The van der Waals surface area contributed by atoms with Crippen LogP contribution in [0.4, 0.5) is 10.8 Å². The zero-order chi connectivity index (χ0) is 21.6. The van der Waals surface area contributed by atoms with Crippen molar-refractivity contribution in [3.8, 4) is 0 Å². The maximum atomic E-state index is 12.9. The van der Waals surface area contributed by atoms with Crippen LogP contribution in [0.25, 0.3) is 0 Å². The van der Waals surface area contributed by atoms with Crippen LogP contribution in [0.3, 0.4) is 0 Å². The van der Waals surface area contributed by atoms with Gasteiger partial charge < -0.3 is 5.32 Å². The van der Waals surface area contributed by atoms with Gasteiger partial charge in [0.15, 0.2) is 5.13 Å². The Bertz CT molecular complexity index is 1050. The lowest BCUT2D eigenvalue weighted by Crippen LogP contribution is -2.33. The van der Waals surface area contributed by atoms with E-state index in [4.69, 9.17) is 0 Å². The van der Waals surface area contributed by atoms with Crippen LogP contribution in [0.15, 0.2) is 60.0 Å². The molecule has 2 amide bonds. The standard InChI is InChI=1S/C24H26N4O2S/c1-17-8-7-13-28(14-17)15-19-16-31-24(25-19)27-23(30)20-11-5-6-12-21(20)26-22(29)18-9-3-2-4-10-18/h2-6,9-12,16-17H,7-8,13-15H2,1H3,(H,26,29)(H,25,27,30). The minimum atomic E-state index is -0.295. The number of para-hydroxylation sites is 1. The normalized spacial score (nSPS) is 16.6. The number of hydrogen-bond donors (Lipinski definition) is 2. The van der Waals surface area contributed by atoms with E-state index in [1.165, 1.54) is 24.2 Å². The van der Waals surface area contributed by atoms with Crippen molar-refractivity contribution in [2.45, 2.75) is 26.3 Å². The predicted octanol–water partition coefficient (Wildman–Crippen LogP) is 4.88. The van der Waals surface area contributed by atoms with Gasteiger partial charge in [-0.25, -0.2) is 4.98 Å². The fourth-order valence-electron chi connectivity index (χ4n) is 3.84. The molecule has 160 valence electrons. The Morgan fingerprint density at radius 2 is 1.84 bits per heavy atom. The number of carbonyl (C=O) groups is 2. The fraction of sp³-hybridized carbons (Fsp3) is 0.292. The third-order valence-corrected chi connectivity index (χ3v) is 6.16. The predicted molar refractivity (Wildman–Crippen MR) is 125 cm³/mol. The first-order chi connectivity index (χ1) is 15.1. The molecule has 2 N–H and O–H groups in total. The third-order valence-electron chi connectivity index (χ3n) is 5.35. The van der Waals surface area contributed by atoms with E-state index >= 15 is 0 Å². The lowest BCUT2D eigenvalue weighted by Gasteiger charge is -2.30. The van der Waals surface area contributed by atoms with Gasteiger partial charge in [-0.1, -0.05) is 37.3 Å². The number of rotatable bonds is 6. The molecule has 1 atom stereocenters. The second-order valence-corrected chi connectivity index (χ2v) is 8.80. The number of nitrogens with one attached hydrogen (secondary N) is 2. The summed E-state index contributed by atoms with van der Waals surface area (Å²) < 4.78 is 0. The molecule has 3 aromatic rings. The van der Waals surface area contributed by atoms with Crippen molar-refractivity contribution < 1.29 is 9.59 Å². The van der Waals surface area contributed by atoms with Crippen LogP contribution in [0.2, 0.25) is 0 Å². The van der Waals surface area contributed by atoms with Crippen molar-refractivity contribution in [2.75, 3.05) is 23.7 Å². The molecule has 4 rings (SSSR count). The van der Waals surface area contributed by atoms with Gasteiger partial charge in [0.1, 0.15) is 0 Å². The highest BCUT2D eigenvalue weighted by Gasteiger charge is 2.19. The molecule has 0 saturated carbocycles. The summed E-state index contributed by atoms with van der Waals surface area (Å²) in [6.45, 7) is 5.28. The fourth-order valence-corrected chi connectivity index (χ4v) is 4.53. The molecule has 7 heteroatoms. The Morgan fingerprint density at radius 1 is 1.06 bits per heavy atom. The average molecular weight is 435 g/mol. The first-order valence-corrected chi connectivity index (χ1v) is 11.4. The smallest absolute Gasteiger partial charge is 0.259 e. The summed E-state index contributed by atoms with van der Waals surface area (Å²) in [5, 5.41) is 8.27. The number of aromatic nitrogens is 1. The van der Waals surface area contributed by atoms with Crippen LogP contribution < -0.4 is 10.6 Å². The topological polar surface area (TPSA) is 74.3 Å². The molecule has 1 fully saturated rings. The van der Waals surface area contributed by atoms with Gasteiger partial charge in [-0.3, -0.25) is 19.8 Å². The van der Waals surface area contributed by atoms with Crippen molar-refractivity contribution >= 4 is 34.0 Å². The molecule has 6 nitrogen and oxygen atoms in total. The summed E-state index contributed by atoms with van der Waals surface area (Å²) in [5.41, 5.74) is 2.37. The summed E-state index contributed by atoms with van der Waals surface area (Å²) in [6.07, 6.45) is 2.51. The lowest BCUT2D eigenvalue weighted by atomic mass is 10.0. The van der Waals surface area contributed by atoms with Crippen LogP contribution in [0, 0.1) is 5.92 Å². The highest BCUT2D eigenvalue weighted by molar-refractivity contribution is 7.14. The highest BCUT2D eigenvalue weighted by Crippen LogP contribution is 2.23. The van der Waals surface area contributed by atoms with Gasteiger partial charge in [0.05, 0.1) is 16.9 Å². The Balaban J connectivity index is 1.41. The number of thiazole rings is 1. The van der Waals surface area contributed by atoms with Gasteiger partial charge in [0.25, 0.3) is 11.8 Å². The minimum Gasteiger partial charge on any atom is -0.321 e. The van der Waals surface area contributed by atoms with Gasteiger partial charge in [0, 0.05) is 24.0 Å². The summed E-state index contributed by atoms with van der Waals surface area (Å²) in [5.74, 6) is 0.166. The molecule has 1 aliphatic rings. The highest BCUT2D eigenvalue weighted by atomic mass is 32.1. The molecule has 1 aromatic heterocycles. The van der Waals surface area contributed by atoms with Crippen LogP contribution in [0.5, 0.6) is 0 Å². The quantitative estimate of drug-likeness (QED) is 0.580. The third kappa shape index (κ3) is 5.57. The Labute approximate surface area is 186 Å². The Morgan fingerprint density at radius 3 is 2.65 bits per heavy atom. The maximum Gasteiger partial charge on any atom is 0.259 e. The van der Waals surface area contributed by atoms with Crippen LogP contribution in [-0.4, -0.2) is 34.8 Å². The lowest BCUT2D eigenvalue weighted by molar-refractivity contribution is 0.102. The largest absolute Gasteiger partial charge is 0.321 e. The van der Waals surface area contributed by atoms with Crippen molar-refractivity contribution in [1.82, 2.24) is 9.88 Å². The number of benzene rings is 2. The van der Waals surface area contributed by atoms with E-state index in [0.29, 0.717) is 27.9 Å². The molecule has 1 aliphatic heterocycles. The van der Waals surface area contributed by atoms with Gasteiger partial charge in [-0.05, 0) is 49.6 Å². The van der Waals surface area contributed by atoms with E-state index in [-0.39, 0.29) is 11.8 Å². The number of anilines is 2. The van der Waals surface area contributed by atoms with Gasteiger partial charge in [0.2, 0.25) is 0 Å². The molecular weight excluding hydrogens is 408 g/mol. The maximum absolute atomic E-state index is 12.9. The minimum absolute atomic E-state index is 0.256. The first-order valence-electron chi connectivity index (χ1n) is 10.5. The summed E-state index contributed by atoms with van der Waals surface area (Å²) >= 11 is 1.42. The van der Waals surface area contributed by atoms with E-state index in [0.717, 1.165) is 25.3 Å². The average Bonchev–Trinajstić information content (AvgIpc) is 3.21. The summed E-state index contributed by atoms with van der Waals surface area (Å²) in [7, 11) is 0. The monoisotopic (exact) mass is 434 g/mol. The second-order valence-electron chi connectivity index (χ2n) is 7.95. The molecule has 2 aromatic carbocycles. The van der Waals surface area contributed by atoms with E-state index < -0.39 is 0 Å². The van der Waals surface area contributed by atoms with E-state index in [1.807, 2.05) is 11.4 Å². The summed E-state index contributed by atoms with van der Waals surface area (Å²) in [6, 6.07) is 15.9. The van der Waals surface area contributed by atoms with E-state index in [9.17, 15) is 9.59 Å². The zero-order valence-electron chi connectivity index (χ0n) is 17.5. The molecule has 0 spiro atoms. The van der Waals surface area contributed by atoms with Gasteiger partial charge in [-0.15, -0.1) is 11.3 Å². The molecule has 31 heavy (non-hydrogen) atoms. The molecule has 1 unspecified atom stereocenters. The molecule has 1 saturated heterocycles. The Hall–Kier alpha value is -3.03. The second kappa shape index (κ2) is 9.85. The number of piperidine rings is 1. The molecular formula is C24H26N4O2S. The van der Waals surface area contributed by atoms with Crippen molar-refractivity contribution in [2.24, 2.45) is 5.92 Å². The van der Waals surface area contributed by atoms with Crippen molar-refractivity contribution in [1.29, 1.82) is 0 Å². The SMILES string of the molecule is CC1CCCN(Cc2csc(NC(=O)c3ccccc3NC(=O)c3ccccc3)n2)C1. The molecule has 0 aliphatic carbocycles. The zero-order valence-corrected chi connectivity index (χ0v) is 18.3. The Kier molecular flexibility index (Phi) is 6.74. The van der Waals surface area contributed by atoms with Crippen LogP contribution in [-0.2, 0) is 6.54 Å². The van der Waals surface area contributed by atoms with Gasteiger partial charge in [-0.2, -0.15) is 0 Å². The van der Waals surface area contributed by atoms with E-state index in [1.54, 1.807) is 48.5 Å². The number of amides is 2. The number of carbonyl (C=O) groups excluding carboxylic acids is 2. The van der Waals surface area contributed by atoms with Crippen molar-refractivity contribution in [3.05, 3.63) is 76.8 Å². The van der Waals surface area contributed by atoms with Crippen molar-refractivity contribution in [3.63, 3.8) is 0 Å². The van der Waals surface area contributed by atoms with Crippen LogP contribution in [0.1, 0.15) is 46.2 Å².